The summed E-state index contributed by atoms with van der Waals surface area (Å²) in [7, 11) is 0. The summed E-state index contributed by atoms with van der Waals surface area (Å²) in [4.78, 5) is 0. The SMILES string of the molecule is Fc1ccc2c(c1)C1(C/C=C\C=C/Cc3ccccc31)c1ccccc1-2. The van der Waals surface area contributed by atoms with Crippen LogP contribution in [0.1, 0.15) is 28.7 Å². The lowest BCUT2D eigenvalue weighted by molar-refractivity contribution is 0.604. The maximum Gasteiger partial charge on any atom is 0.123 e. The molecule has 0 saturated carbocycles. The van der Waals surface area contributed by atoms with Gasteiger partial charge in [-0.1, -0.05) is 78.9 Å². The molecule has 0 N–H and O–H groups in total. The molecule has 0 nitrogen and oxygen atoms in total. The predicted octanol–water partition coefficient (Wildman–Crippen LogP) is 6.20. The Morgan fingerprint density at radius 2 is 1.42 bits per heavy atom. The van der Waals surface area contributed by atoms with Gasteiger partial charge in [-0.15, -0.1) is 0 Å². The predicted molar refractivity (Wildman–Crippen MR) is 105 cm³/mol. The number of hydrogen-bond donors (Lipinski definition) is 0. The Balaban J connectivity index is 1.92. The van der Waals surface area contributed by atoms with Crippen LogP contribution in [0.2, 0.25) is 0 Å². The summed E-state index contributed by atoms with van der Waals surface area (Å²) in [6, 6.07) is 22.4. The minimum absolute atomic E-state index is 0.171. The summed E-state index contributed by atoms with van der Waals surface area (Å²) < 4.78 is 14.3. The molecule has 0 radical (unpaired) electrons. The molecule has 2 aliphatic rings. The van der Waals surface area contributed by atoms with Crippen molar-refractivity contribution in [3.8, 4) is 11.1 Å². The van der Waals surface area contributed by atoms with E-state index in [-0.39, 0.29) is 11.2 Å². The first-order chi connectivity index (χ1) is 12.8. The average molecular weight is 338 g/mol. The van der Waals surface area contributed by atoms with Gasteiger partial charge in [-0.2, -0.15) is 0 Å². The summed E-state index contributed by atoms with van der Waals surface area (Å²) in [6.45, 7) is 0. The Kier molecular flexibility index (Phi) is 3.43. The second-order valence-electron chi connectivity index (χ2n) is 7.06. The van der Waals surface area contributed by atoms with Crippen LogP contribution in [0.5, 0.6) is 0 Å². The van der Waals surface area contributed by atoms with Crippen molar-refractivity contribution in [2.45, 2.75) is 18.3 Å². The molecule has 126 valence electrons. The lowest BCUT2D eigenvalue weighted by atomic mass is 9.68. The normalized spacial score (nSPS) is 22.5. The van der Waals surface area contributed by atoms with Crippen molar-refractivity contribution in [3.05, 3.63) is 119 Å². The number of hydrogen-bond acceptors (Lipinski definition) is 0. The second-order valence-corrected chi connectivity index (χ2v) is 7.06. The zero-order valence-corrected chi connectivity index (χ0v) is 14.5. The first-order valence-corrected chi connectivity index (χ1v) is 9.11. The first kappa shape index (κ1) is 15.3. The van der Waals surface area contributed by atoms with Crippen LogP contribution in [-0.2, 0) is 11.8 Å². The van der Waals surface area contributed by atoms with Crippen LogP contribution in [0, 0.1) is 5.82 Å². The molecule has 0 saturated heterocycles. The van der Waals surface area contributed by atoms with Crippen molar-refractivity contribution in [2.75, 3.05) is 0 Å². The summed E-state index contributed by atoms with van der Waals surface area (Å²) in [6.07, 6.45) is 10.4. The molecular formula is C25H19F. The largest absolute Gasteiger partial charge is 0.207 e. The van der Waals surface area contributed by atoms with Gasteiger partial charge in [0.25, 0.3) is 0 Å². The summed E-state index contributed by atoms with van der Waals surface area (Å²) in [5, 5.41) is 0. The van der Waals surface area contributed by atoms with Gasteiger partial charge in [-0.05, 0) is 58.4 Å². The quantitative estimate of drug-likeness (QED) is 0.458. The minimum atomic E-state index is -0.340. The molecule has 1 heteroatoms. The molecule has 5 rings (SSSR count). The Labute approximate surface area is 153 Å². The van der Waals surface area contributed by atoms with Gasteiger partial charge in [0.05, 0.1) is 5.41 Å². The van der Waals surface area contributed by atoms with Crippen LogP contribution in [0.15, 0.2) is 91.0 Å². The average Bonchev–Trinajstić information content (AvgIpc) is 2.99. The van der Waals surface area contributed by atoms with Gasteiger partial charge in [0.2, 0.25) is 0 Å². The number of halogens is 1. The zero-order chi connectivity index (χ0) is 17.6. The van der Waals surface area contributed by atoms with Crippen molar-refractivity contribution in [1.29, 1.82) is 0 Å². The van der Waals surface area contributed by atoms with E-state index >= 15 is 0 Å². The Morgan fingerprint density at radius 1 is 0.692 bits per heavy atom. The molecule has 1 atom stereocenters. The molecule has 0 fully saturated rings. The summed E-state index contributed by atoms with van der Waals surface area (Å²) in [5.41, 5.74) is 6.98. The monoisotopic (exact) mass is 338 g/mol. The molecule has 0 amide bonds. The van der Waals surface area contributed by atoms with E-state index < -0.39 is 0 Å². The highest BCUT2D eigenvalue weighted by Gasteiger charge is 2.44. The van der Waals surface area contributed by atoms with Crippen LogP contribution in [-0.4, -0.2) is 0 Å². The molecule has 0 aromatic heterocycles. The van der Waals surface area contributed by atoms with E-state index in [9.17, 15) is 4.39 Å². The van der Waals surface area contributed by atoms with Gasteiger partial charge in [0.1, 0.15) is 5.82 Å². The molecule has 0 heterocycles. The molecule has 1 unspecified atom stereocenters. The number of rotatable bonds is 0. The molecule has 0 bridgehead atoms. The highest BCUT2D eigenvalue weighted by Crippen LogP contribution is 2.55. The van der Waals surface area contributed by atoms with E-state index in [1.165, 1.54) is 22.3 Å². The van der Waals surface area contributed by atoms with E-state index in [1.807, 2.05) is 6.07 Å². The van der Waals surface area contributed by atoms with Crippen LogP contribution < -0.4 is 0 Å². The first-order valence-electron chi connectivity index (χ1n) is 9.11. The minimum Gasteiger partial charge on any atom is -0.207 e. The number of allylic oxidation sites excluding steroid dienone is 4. The van der Waals surface area contributed by atoms with Crippen molar-refractivity contribution < 1.29 is 4.39 Å². The van der Waals surface area contributed by atoms with Crippen molar-refractivity contribution in [3.63, 3.8) is 0 Å². The molecule has 26 heavy (non-hydrogen) atoms. The molecular weight excluding hydrogens is 319 g/mol. The third-order valence-electron chi connectivity index (χ3n) is 5.74. The van der Waals surface area contributed by atoms with Gasteiger partial charge >= 0.3 is 0 Å². The third kappa shape index (κ3) is 2.07. The molecule has 2 aliphatic carbocycles. The lowest BCUT2D eigenvalue weighted by Gasteiger charge is -2.33. The molecule has 1 spiro atoms. The maximum atomic E-state index is 14.3. The van der Waals surface area contributed by atoms with Crippen molar-refractivity contribution in [2.24, 2.45) is 0 Å². The smallest absolute Gasteiger partial charge is 0.123 e. The van der Waals surface area contributed by atoms with Crippen LogP contribution in [0.3, 0.4) is 0 Å². The van der Waals surface area contributed by atoms with Crippen molar-refractivity contribution in [1.82, 2.24) is 0 Å². The van der Waals surface area contributed by atoms with Crippen molar-refractivity contribution >= 4 is 0 Å². The van der Waals surface area contributed by atoms with Gasteiger partial charge in [-0.3, -0.25) is 0 Å². The summed E-state index contributed by atoms with van der Waals surface area (Å²) >= 11 is 0. The molecule has 3 aromatic rings. The highest BCUT2D eigenvalue weighted by atomic mass is 19.1. The Bertz CT molecular complexity index is 1060. The van der Waals surface area contributed by atoms with E-state index in [0.717, 1.165) is 24.0 Å². The second kappa shape index (κ2) is 5.81. The number of fused-ring (bicyclic) bond motifs is 7. The molecule has 0 aliphatic heterocycles. The fraction of sp³-hybridized carbons (Fsp3) is 0.120. The summed E-state index contributed by atoms with van der Waals surface area (Å²) in [5.74, 6) is -0.171. The fourth-order valence-electron chi connectivity index (χ4n) is 4.67. The zero-order valence-electron chi connectivity index (χ0n) is 14.5. The number of benzene rings is 3. The van der Waals surface area contributed by atoms with Crippen LogP contribution in [0.4, 0.5) is 4.39 Å². The van der Waals surface area contributed by atoms with E-state index in [2.05, 4.69) is 72.8 Å². The van der Waals surface area contributed by atoms with Gasteiger partial charge in [0, 0.05) is 0 Å². The topological polar surface area (TPSA) is 0 Å². The van der Waals surface area contributed by atoms with E-state index in [4.69, 9.17) is 0 Å². The molecule has 3 aromatic carbocycles. The van der Waals surface area contributed by atoms with Gasteiger partial charge < -0.3 is 0 Å². The maximum absolute atomic E-state index is 14.3. The Hall–Kier alpha value is -2.93. The standard InChI is InChI=1S/C25H19F/c26-19-14-15-21-20-11-5-7-13-23(20)25(24(21)17-19)16-8-2-1-3-9-18-10-4-6-12-22(18)25/h1-8,10-15,17H,9,16H2/b3-1-,8-2-. The highest BCUT2D eigenvalue weighted by molar-refractivity contribution is 5.84. The third-order valence-corrected chi connectivity index (χ3v) is 5.74. The van der Waals surface area contributed by atoms with Gasteiger partial charge in [0.15, 0.2) is 0 Å². The van der Waals surface area contributed by atoms with Crippen LogP contribution >= 0.6 is 0 Å². The van der Waals surface area contributed by atoms with E-state index in [1.54, 1.807) is 12.1 Å². The van der Waals surface area contributed by atoms with E-state index in [0.29, 0.717) is 0 Å². The lowest BCUT2D eigenvalue weighted by Crippen LogP contribution is -2.28. The van der Waals surface area contributed by atoms with Crippen LogP contribution in [0.25, 0.3) is 11.1 Å². The fourth-order valence-corrected chi connectivity index (χ4v) is 4.67. The van der Waals surface area contributed by atoms with Gasteiger partial charge in [-0.25, -0.2) is 4.39 Å². The Morgan fingerprint density at radius 3 is 2.35 bits per heavy atom.